The number of ether oxygens (including phenoxy) is 1. The predicted octanol–water partition coefficient (Wildman–Crippen LogP) is 6.93. The van der Waals surface area contributed by atoms with Gasteiger partial charge in [-0.05, 0) is 56.2 Å². The van der Waals surface area contributed by atoms with Crippen LogP contribution in [0.5, 0.6) is 11.5 Å². The summed E-state index contributed by atoms with van der Waals surface area (Å²) in [7, 11) is 0. The van der Waals surface area contributed by atoms with E-state index in [1.165, 1.54) is 12.1 Å². The number of anilines is 3. The van der Waals surface area contributed by atoms with Crippen LogP contribution in [0.3, 0.4) is 0 Å². The number of carbonyl (C=O) groups is 1. The molecule has 0 radical (unpaired) electrons. The molecular formula is C28H28FN7O3. The van der Waals surface area contributed by atoms with Crippen molar-refractivity contribution >= 4 is 34.3 Å². The second kappa shape index (κ2) is 10.8. The Bertz CT molecular complexity index is 1630. The Balaban J connectivity index is 1.31. The van der Waals surface area contributed by atoms with Crippen molar-refractivity contribution in [3.8, 4) is 17.2 Å². The fourth-order valence-electron chi connectivity index (χ4n) is 3.87. The third-order valence-electron chi connectivity index (χ3n) is 5.73. The van der Waals surface area contributed by atoms with Crippen molar-refractivity contribution in [2.75, 3.05) is 16.0 Å². The van der Waals surface area contributed by atoms with Crippen molar-refractivity contribution in [3.05, 3.63) is 78.5 Å². The number of rotatable bonds is 8. The highest BCUT2D eigenvalue weighted by atomic mass is 19.1. The monoisotopic (exact) mass is 529 g/mol. The minimum atomic E-state index is -0.647. The molecule has 5 aromatic rings. The van der Waals surface area contributed by atoms with Gasteiger partial charge in [0.2, 0.25) is 0 Å². The van der Waals surface area contributed by atoms with Gasteiger partial charge in [0.05, 0.1) is 23.3 Å². The van der Waals surface area contributed by atoms with Gasteiger partial charge in [0.1, 0.15) is 29.0 Å². The Labute approximate surface area is 224 Å². The lowest BCUT2D eigenvalue weighted by Crippen LogP contribution is -2.22. The van der Waals surface area contributed by atoms with Crippen molar-refractivity contribution in [2.45, 2.75) is 39.7 Å². The molecule has 11 heteroatoms. The molecule has 0 fully saturated rings. The molecule has 5 rings (SSSR count). The molecule has 0 aliphatic rings. The second-order valence-electron chi connectivity index (χ2n) is 9.57. The summed E-state index contributed by atoms with van der Waals surface area (Å²) in [6.07, 6.45) is 3.22. The van der Waals surface area contributed by atoms with Gasteiger partial charge in [-0.25, -0.2) is 18.9 Å². The number of hydrogen-bond acceptors (Lipinski definition) is 7. The van der Waals surface area contributed by atoms with Crippen LogP contribution in [0.4, 0.5) is 26.5 Å². The Morgan fingerprint density at radius 2 is 1.82 bits per heavy atom. The molecule has 3 N–H and O–H groups in total. The van der Waals surface area contributed by atoms with Crippen molar-refractivity contribution in [3.63, 3.8) is 0 Å². The van der Waals surface area contributed by atoms with Crippen LogP contribution in [0.1, 0.15) is 39.3 Å². The van der Waals surface area contributed by atoms with Gasteiger partial charge in [-0.3, -0.25) is 5.32 Å². The molecule has 10 nitrogen and oxygen atoms in total. The van der Waals surface area contributed by atoms with Gasteiger partial charge in [-0.15, -0.1) is 0 Å². The summed E-state index contributed by atoms with van der Waals surface area (Å²) in [6, 6.07) is 14.5. The number of carbonyl (C=O) groups excluding carboxylic acids is 1. The molecule has 3 aromatic heterocycles. The number of pyridine rings is 1. The average Bonchev–Trinajstić information content (AvgIpc) is 3.52. The number of halogens is 1. The number of urea groups is 1. The quantitative estimate of drug-likeness (QED) is 0.199. The van der Waals surface area contributed by atoms with Crippen LogP contribution < -0.4 is 20.7 Å². The van der Waals surface area contributed by atoms with Crippen LogP contribution in [-0.2, 0) is 0 Å². The Hall–Kier alpha value is -4.93. The normalized spacial score (nSPS) is 11.3. The lowest BCUT2D eigenvalue weighted by molar-refractivity contribution is 0.262. The highest BCUT2D eigenvalue weighted by Gasteiger charge is 2.17. The molecule has 0 atom stereocenters. The van der Waals surface area contributed by atoms with Gasteiger partial charge in [0.25, 0.3) is 0 Å². The summed E-state index contributed by atoms with van der Waals surface area (Å²) in [5.41, 5.74) is 2.13. The summed E-state index contributed by atoms with van der Waals surface area (Å²) in [5.74, 6) is 1.34. The zero-order chi connectivity index (χ0) is 27.5. The van der Waals surface area contributed by atoms with Crippen LogP contribution in [0, 0.1) is 5.82 Å². The standard InChI is InChI=1S/C28H28FN7O3/c1-16(2)24-14-27(36(35-24)19-5-8-25-18(11-19)15-31-39-25)34-28(37)33-23-7-6-20(12-22(23)29)38-21-9-10-30-26(13-21)32-17(3)4/h5-17H,1-4H3,(H,30,32)(H2,33,34,37). The average molecular weight is 530 g/mol. The maximum atomic E-state index is 14.9. The van der Waals surface area contributed by atoms with Crippen LogP contribution in [-0.4, -0.2) is 32.0 Å². The molecule has 0 saturated carbocycles. The van der Waals surface area contributed by atoms with Crippen molar-refractivity contribution in [1.82, 2.24) is 19.9 Å². The van der Waals surface area contributed by atoms with E-state index in [-0.39, 0.29) is 23.4 Å². The van der Waals surface area contributed by atoms with E-state index in [1.807, 2.05) is 39.8 Å². The number of benzene rings is 2. The van der Waals surface area contributed by atoms with Crippen molar-refractivity contribution in [2.24, 2.45) is 0 Å². The summed E-state index contributed by atoms with van der Waals surface area (Å²) < 4.78 is 27.5. The van der Waals surface area contributed by atoms with E-state index in [2.05, 4.69) is 31.2 Å². The number of amides is 2. The largest absolute Gasteiger partial charge is 0.457 e. The summed E-state index contributed by atoms with van der Waals surface area (Å²) >= 11 is 0. The lowest BCUT2D eigenvalue weighted by Gasteiger charge is -2.13. The minimum Gasteiger partial charge on any atom is -0.457 e. The molecule has 0 bridgehead atoms. The minimum absolute atomic E-state index is 0.00205. The molecular weight excluding hydrogens is 501 g/mol. The van der Waals surface area contributed by atoms with E-state index in [9.17, 15) is 9.18 Å². The third-order valence-corrected chi connectivity index (χ3v) is 5.73. The first kappa shape index (κ1) is 25.7. The smallest absolute Gasteiger partial charge is 0.324 e. The van der Waals surface area contributed by atoms with E-state index in [0.717, 1.165) is 11.1 Å². The molecule has 0 saturated heterocycles. The van der Waals surface area contributed by atoms with E-state index in [0.29, 0.717) is 28.7 Å². The van der Waals surface area contributed by atoms with Crippen LogP contribution in [0.15, 0.2) is 71.5 Å². The fourth-order valence-corrected chi connectivity index (χ4v) is 3.87. The third kappa shape index (κ3) is 5.98. The fraction of sp³-hybridized carbons (Fsp3) is 0.214. The first-order chi connectivity index (χ1) is 18.7. The first-order valence-electron chi connectivity index (χ1n) is 12.5. The molecule has 2 amide bonds. The van der Waals surface area contributed by atoms with Gasteiger partial charge in [0, 0.05) is 35.8 Å². The van der Waals surface area contributed by atoms with Gasteiger partial charge < -0.3 is 19.9 Å². The predicted molar refractivity (Wildman–Crippen MR) is 147 cm³/mol. The lowest BCUT2D eigenvalue weighted by atomic mass is 10.1. The zero-order valence-electron chi connectivity index (χ0n) is 21.9. The first-order valence-corrected chi connectivity index (χ1v) is 12.5. The van der Waals surface area contributed by atoms with Gasteiger partial charge >= 0.3 is 6.03 Å². The number of nitrogens with one attached hydrogen (secondary N) is 3. The molecule has 3 heterocycles. The van der Waals surface area contributed by atoms with E-state index in [1.54, 1.807) is 47.4 Å². The summed E-state index contributed by atoms with van der Waals surface area (Å²) in [4.78, 5) is 17.1. The summed E-state index contributed by atoms with van der Waals surface area (Å²) in [6.45, 7) is 8.01. The Kier molecular flexibility index (Phi) is 7.13. The molecule has 0 aliphatic carbocycles. The summed E-state index contributed by atoms with van der Waals surface area (Å²) in [5, 5.41) is 17.8. The van der Waals surface area contributed by atoms with Gasteiger partial charge in [0.15, 0.2) is 5.58 Å². The van der Waals surface area contributed by atoms with Crippen LogP contribution >= 0.6 is 0 Å². The van der Waals surface area contributed by atoms with E-state index >= 15 is 0 Å². The second-order valence-corrected chi connectivity index (χ2v) is 9.57. The van der Waals surface area contributed by atoms with Crippen molar-refractivity contribution in [1.29, 1.82) is 0 Å². The molecule has 0 aliphatic heterocycles. The van der Waals surface area contributed by atoms with E-state index < -0.39 is 11.8 Å². The SMILES string of the molecule is CC(C)Nc1cc(Oc2ccc(NC(=O)Nc3cc(C(C)C)nn3-c3ccc4oncc4c3)c(F)c2)ccn1. The topological polar surface area (TPSA) is 119 Å². The molecule has 0 spiro atoms. The highest BCUT2D eigenvalue weighted by Crippen LogP contribution is 2.28. The maximum Gasteiger partial charge on any atom is 0.324 e. The molecule has 39 heavy (non-hydrogen) atoms. The van der Waals surface area contributed by atoms with Crippen molar-refractivity contribution < 1.29 is 18.4 Å². The Morgan fingerprint density at radius 1 is 1.00 bits per heavy atom. The molecule has 200 valence electrons. The number of aromatic nitrogens is 4. The zero-order valence-corrected chi connectivity index (χ0v) is 21.9. The number of hydrogen-bond donors (Lipinski definition) is 3. The molecule has 0 unspecified atom stereocenters. The van der Waals surface area contributed by atoms with E-state index in [4.69, 9.17) is 9.26 Å². The van der Waals surface area contributed by atoms with Gasteiger partial charge in [-0.1, -0.05) is 19.0 Å². The molecule has 2 aromatic carbocycles. The number of fused-ring (bicyclic) bond motifs is 1. The number of nitrogens with zero attached hydrogens (tertiary/aromatic N) is 4. The van der Waals surface area contributed by atoms with Gasteiger partial charge in [-0.2, -0.15) is 5.10 Å². The highest BCUT2D eigenvalue weighted by molar-refractivity contribution is 5.99. The van der Waals surface area contributed by atoms with Crippen LogP contribution in [0.25, 0.3) is 16.7 Å². The van der Waals surface area contributed by atoms with Crippen LogP contribution in [0.2, 0.25) is 0 Å². The Morgan fingerprint density at radius 3 is 2.59 bits per heavy atom. The maximum absolute atomic E-state index is 14.9.